The van der Waals surface area contributed by atoms with Gasteiger partial charge in [-0.2, -0.15) is 0 Å². The van der Waals surface area contributed by atoms with Crippen LogP contribution in [0.15, 0.2) is 42.6 Å². The van der Waals surface area contributed by atoms with Gasteiger partial charge in [0.15, 0.2) is 11.6 Å². The minimum Gasteiger partial charge on any atom is -0.493 e. The van der Waals surface area contributed by atoms with Crippen molar-refractivity contribution in [2.24, 2.45) is 0 Å². The summed E-state index contributed by atoms with van der Waals surface area (Å²) >= 11 is 0. The molecule has 0 unspecified atom stereocenters. The van der Waals surface area contributed by atoms with Crippen LogP contribution in [-0.2, 0) is 11.2 Å². The molecule has 1 heterocycles. The molecule has 1 amide bonds. The van der Waals surface area contributed by atoms with Crippen molar-refractivity contribution in [3.8, 4) is 5.75 Å². The minimum atomic E-state index is -0.324. The van der Waals surface area contributed by atoms with Crippen LogP contribution in [0.5, 0.6) is 5.75 Å². The van der Waals surface area contributed by atoms with Crippen molar-refractivity contribution < 1.29 is 13.9 Å². The molecule has 0 spiro atoms. The number of carbonyl (C=O) groups excluding carboxylic acids is 1. The largest absolute Gasteiger partial charge is 0.493 e. The summed E-state index contributed by atoms with van der Waals surface area (Å²) in [6.45, 7) is 0. The van der Waals surface area contributed by atoms with Gasteiger partial charge in [-0.05, 0) is 29.8 Å². The molecule has 0 aliphatic heterocycles. The number of anilines is 1. The minimum absolute atomic E-state index is 0.153. The fourth-order valence-electron chi connectivity index (χ4n) is 1.61. The molecule has 4 nitrogen and oxygen atoms in total. The average molecular weight is 260 g/mol. The molecule has 98 valence electrons. The Bertz CT molecular complexity index is 570. The molecule has 1 aromatic heterocycles. The van der Waals surface area contributed by atoms with Gasteiger partial charge >= 0.3 is 0 Å². The molecule has 0 aliphatic carbocycles. The van der Waals surface area contributed by atoms with E-state index in [1.165, 1.54) is 19.2 Å². The highest BCUT2D eigenvalue weighted by molar-refractivity contribution is 5.92. The van der Waals surface area contributed by atoms with Crippen molar-refractivity contribution in [2.45, 2.75) is 6.42 Å². The predicted molar refractivity (Wildman–Crippen MR) is 69.5 cm³/mol. The van der Waals surface area contributed by atoms with Crippen LogP contribution >= 0.6 is 0 Å². The van der Waals surface area contributed by atoms with Gasteiger partial charge in [0.2, 0.25) is 5.91 Å². The van der Waals surface area contributed by atoms with Crippen LogP contribution in [0.25, 0.3) is 0 Å². The fraction of sp³-hybridized carbons (Fsp3) is 0.143. The van der Waals surface area contributed by atoms with Gasteiger partial charge in [0.05, 0.1) is 13.5 Å². The fourth-order valence-corrected chi connectivity index (χ4v) is 1.61. The van der Waals surface area contributed by atoms with E-state index in [4.69, 9.17) is 4.74 Å². The summed E-state index contributed by atoms with van der Waals surface area (Å²) in [5.74, 6) is 0.311. The maximum absolute atomic E-state index is 12.7. The van der Waals surface area contributed by atoms with E-state index in [9.17, 15) is 9.18 Å². The molecule has 0 atom stereocenters. The van der Waals surface area contributed by atoms with E-state index in [2.05, 4.69) is 10.3 Å². The number of nitrogens with one attached hydrogen (secondary N) is 1. The van der Waals surface area contributed by atoms with Crippen LogP contribution in [0, 0.1) is 5.82 Å². The predicted octanol–water partition coefficient (Wildman–Crippen LogP) is 2.41. The summed E-state index contributed by atoms with van der Waals surface area (Å²) in [5.41, 5.74) is 0.730. The van der Waals surface area contributed by atoms with Crippen molar-refractivity contribution in [1.82, 2.24) is 4.98 Å². The topological polar surface area (TPSA) is 51.2 Å². The van der Waals surface area contributed by atoms with Crippen LogP contribution in [0.1, 0.15) is 5.56 Å². The molecule has 0 bridgehead atoms. The second kappa shape index (κ2) is 5.95. The molecule has 0 saturated carbocycles. The highest BCUT2D eigenvalue weighted by Gasteiger charge is 2.08. The zero-order valence-electron chi connectivity index (χ0n) is 10.4. The Morgan fingerprint density at radius 1 is 1.32 bits per heavy atom. The lowest BCUT2D eigenvalue weighted by atomic mass is 10.1. The number of rotatable bonds is 4. The van der Waals surface area contributed by atoms with E-state index in [1.807, 2.05) is 0 Å². The molecule has 0 fully saturated rings. The summed E-state index contributed by atoms with van der Waals surface area (Å²) < 4.78 is 17.8. The summed E-state index contributed by atoms with van der Waals surface area (Å²) in [7, 11) is 1.51. The number of pyridine rings is 1. The van der Waals surface area contributed by atoms with Crippen LogP contribution in [0.2, 0.25) is 0 Å². The lowest BCUT2D eigenvalue weighted by Gasteiger charge is -2.08. The second-order valence-electron chi connectivity index (χ2n) is 3.91. The normalized spacial score (nSPS) is 10.0. The van der Waals surface area contributed by atoms with E-state index in [1.54, 1.807) is 30.5 Å². The molecule has 2 aromatic rings. The summed E-state index contributed by atoms with van der Waals surface area (Å²) in [4.78, 5) is 15.9. The van der Waals surface area contributed by atoms with E-state index < -0.39 is 0 Å². The molecule has 2 rings (SSSR count). The van der Waals surface area contributed by atoms with Crippen molar-refractivity contribution in [3.05, 3.63) is 54.0 Å². The van der Waals surface area contributed by atoms with E-state index in [0.717, 1.165) is 5.56 Å². The van der Waals surface area contributed by atoms with Gasteiger partial charge in [-0.3, -0.25) is 4.79 Å². The van der Waals surface area contributed by atoms with Gasteiger partial charge in [0.1, 0.15) is 5.82 Å². The third-order valence-electron chi connectivity index (χ3n) is 2.53. The number of halogens is 1. The Labute approximate surface area is 110 Å². The van der Waals surface area contributed by atoms with E-state index >= 15 is 0 Å². The molecule has 1 N–H and O–H groups in total. The maximum atomic E-state index is 12.7. The number of ether oxygens (including phenoxy) is 1. The Balaban J connectivity index is 2.03. The molecule has 19 heavy (non-hydrogen) atoms. The van der Waals surface area contributed by atoms with Crippen molar-refractivity contribution >= 4 is 11.7 Å². The first-order valence-corrected chi connectivity index (χ1v) is 5.72. The Kier molecular flexibility index (Phi) is 4.07. The first-order valence-electron chi connectivity index (χ1n) is 5.72. The summed E-state index contributed by atoms with van der Waals surface area (Å²) in [6.07, 6.45) is 1.72. The number of benzene rings is 1. The van der Waals surface area contributed by atoms with Crippen LogP contribution < -0.4 is 10.1 Å². The number of hydrogen-bond acceptors (Lipinski definition) is 3. The van der Waals surface area contributed by atoms with Gasteiger partial charge in [-0.1, -0.05) is 12.1 Å². The number of nitrogens with zero attached hydrogens (tertiary/aromatic N) is 1. The third-order valence-corrected chi connectivity index (χ3v) is 2.53. The van der Waals surface area contributed by atoms with Crippen LogP contribution in [0.3, 0.4) is 0 Å². The van der Waals surface area contributed by atoms with Crippen molar-refractivity contribution in [2.75, 3.05) is 12.4 Å². The monoisotopic (exact) mass is 260 g/mol. The summed E-state index contributed by atoms with van der Waals surface area (Å²) in [5, 5.41) is 2.66. The van der Waals surface area contributed by atoms with Crippen molar-refractivity contribution in [1.29, 1.82) is 0 Å². The Morgan fingerprint density at radius 3 is 2.74 bits per heavy atom. The van der Waals surface area contributed by atoms with Gasteiger partial charge in [-0.15, -0.1) is 0 Å². The zero-order valence-corrected chi connectivity index (χ0v) is 10.4. The van der Waals surface area contributed by atoms with E-state index in [0.29, 0.717) is 11.6 Å². The van der Waals surface area contributed by atoms with E-state index in [-0.39, 0.29) is 18.1 Å². The molecular formula is C14H13FN2O2. The van der Waals surface area contributed by atoms with Crippen LogP contribution in [-0.4, -0.2) is 18.0 Å². The zero-order chi connectivity index (χ0) is 13.7. The molecule has 1 aromatic carbocycles. The number of methoxy groups -OCH3 is 1. The maximum Gasteiger partial charge on any atom is 0.230 e. The number of aromatic nitrogens is 1. The molecule has 0 saturated heterocycles. The van der Waals surface area contributed by atoms with Gasteiger partial charge in [-0.25, -0.2) is 9.37 Å². The highest BCUT2D eigenvalue weighted by Crippen LogP contribution is 2.20. The lowest BCUT2D eigenvalue weighted by molar-refractivity contribution is -0.115. The number of amides is 1. The highest BCUT2D eigenvalue weighted by atomic mass is 19.1. The van der Waals surface area contributed by atoms with Crippen LogP contribution in [0.4, 0.5) is 10.2 Å². The van der Waals surface area contributed by atoms with Gasteiger partial charge < -0.3 is 10.1 Å². The molecular weight excluding hydrogens is 247 g/mol. The standard InChI is InChI=1S/C14H13FN2O2/c1-19-12-3-2-8-16-14(12)17-13(18)9-10-4-6-11(15)7-5-10/h2-8H,9H2,1H3,(H,16,17,18). The third kappa shape index (κ3) is 3.51. The first kappa shape index (κ1) is 13.0. The summed E-state index contributed by atoms with van der Waals surface area (Å²) in [6, 6.07) is 9.22. The molecule has 0 aliphatic rings. The SMILES string of the molecule is COc1cccnc1NC(=O)Cc1ccc(F)cc1. The molecule has 5 heteroatoms. The second-order valence-corrected chi connectivity index (χ2v) is 3.91. The van der Waals surface area contributed by atoms with Gasteiger partial charge in [0.25, 0.3) is 0 Å². The average Bonchev–Trinajstić information content (AvgIpc) is 2.42. The smallest absolute Gasteiger partial charge is 0.230 e. The first-order chi connectivity index (χ1) is 9.19. The Morgan fingerprint density at radius 2 is 2.05 bits per heavy atom. The van der Waals surface area contributed by atoms with Gasteiger partial charge in [0, 0.05) is 6.20 Å². The quantitative estimate of drug-likeness (QED) is 0.918. The lowest BCUT2D eigenvalue weighted by Crippen LogP contribution is -2.15. The molecule has 0 radical (unpaired) electrons. The van der Waals surface area contributed by atoms with Crippen molar-refractivity contribution in [3.63, 3.8) is 0 Å². The Hall–Kier alpha value is -2.43. The number of carbonyl (C=O) groups is 1. The number of hydrogen-bond donors (Lipinski definition) is 1.